The molecule has 0 aliphatic rings. The lowest BCUT2D eigenvalue weighted by atomic mass is 10.2. The quantitative estimate of drug-likeness (QED) is 0.795. The van der Waals surface area contributed by atoms with Crippen LogP contribution < -0.4 is 0 Å². The molecule has 6 heteroatoms. The zero-order valence-electron chi connectivity index (χ0n) is 10.6. The Labute approximate surface area is 109 Å². The van der Waals surface area contributed by atoms with E-state index in [1.54, 1.807) is 22.8 Å². The molecule has 0 aromatic carbocycles. The monoisotopic (exact) mass is 265 g/mol. The first-order valence-corrected chi connectivity index (χ1v) is 6.66. The first-order valence-electron chi connectivity index (χ1n) is 5.72. The smallest absolute Gasteiger partial charge is 0.376 e. The van der Waals surface area contributed by atoms with Crippen LogP contribution in [0.25, 0.3) is 0 Å². The molecule has 0 amide bonds. The van der Waals surface area contributed by atoms with Crippen molar-refractivity contribution in [3.63, 3.8) is 0 Å². The van der Waals surface area contributed by atoms with Crippen LogP contribution in [0.5, 0.6) is 0 Å². The number of hydrogen-bond acceptors (Lipinski definition) is 5. The second-order valence-electron chi connectivity index (χ2n) is 3.96. The van der Waals surface area contributed by atoms with Gasteiger partial charge in [0.05, 0.1) is 13.2 Å². The van der Waals surface area contributed by atoms with Gasteiger partial charge in [0, 0.05) is 0 Å². The molecule has 0 spiro atoms. The van der Waals surface area contributed by atoms with Crippen molar-refractivity contribution in [2.75, 3.05) is 6.61 Å². The number of aromatic nitrogens is 3. The number of esters is 1. The third-order valence-electron chi connectivity index (χ3n) is 2.68. The summed E-state index contributed by atoms with van der Waals surface area (Å²) in [4.78, 5) is 11.7. The van der Waals surface area contributed by atoms with Crippen molar-refractivity contribution in [1.29, 1.82) is 0 Å². The van der Waals surface area contributed by atoms with E-state index in [4.69, 9.17) is 4.74 Å². The maximum Gasteiger partial charge on any atom is 0.376 e. The van der Waals surface area contributed by atoms with Crippen molar-refractivity contribution in [2.24, 2.45) is 0 Å². The van der Waals surface area contributed by atoms with Gasteiger partial charge in [0.15, 0.2) is 0 Å². The molecule has 0 atom stereocenters. The molecule has 5 nitrogen and oxygen atoms in total. The number of thiophene rings is 1. The Morgan fingerprint density at radius 1 is 1.39 bits per heavy atom. The van der Waals surface area contributed by atoms with Crippen molar-refractivity contribution in [3.05, 3.63) is 33.5 Å². The van der Waals surface area contributed by atoms with Crippen LogP contribution in [0.4, 0.5) is 0 Å². The fourth-order valence-electron chi connectivity index (χ4n) is 1.64. The highest BCUT2D eigenvalue weighted by atomic mass is 32.1. The van der Waals surface area contributed by atoms with Gasteiger partial charge in [-0.2, -0.15) is 11.3 Å². The van der Waals surface area contributed by atoms with Gasteiger partial charge in [0.2, 0.25) is 5.82 Å². The highest BCUT2D eigenvalue weighted by Gasteiger charge is 2.18. The van der Waals surface area contributed by atoms with E-state index in [9.17, 15) is 4.79 Å². The molecule has 18 heavy (non-hydrogen) atoms. The van der Waals surface area contributed by atoms with Crippen LogP contribution in [0, 0.1) is 13.8 Å². The second kappa shape index (κ2) is 5.30. The van der Waals surface area contributed by atoms with E-state index in [2.05, 4.69) is 27.9 Å². The number of rotatable bonds is 4. The minimum Gasteiger partial charge on any atom is -0.460 e. The molecule has 0 saturated heterocycles. The van der Waals surface area contributed by atoms with Gasteiger partial charge in [-0.25, -0.2) is 4.79 Å². The molecule has 0 bridgehead atoms. The van der Waals surface area contributed by atoms with Gasteiger partial charge in [-0.05, 0) is 42.7 Å². The maximum absolute atomic E-state index is 11.7. The standard InChI is InChI=1S/C12H15N3O2S/c1-4-17-12(16)11-14-13-9(3)15(11)5-10-7-18-6-8(10)2/h6-7H,4-5H2,1-3H3. The largest absolute Gasteiger partial charge is 0.460 e. The number of ether oxygens (including phenoxy) is 1. The molecule has 0 unspecified atom stereocenters. The van der Waals surface area contributed by atoms with Crippen molar-refractivity contribution in [2.45, 2.75) is 27.3 Å². The molecular weight excluding hydrogens is 250 g/mol. The summed E-state index contributed by atoms with van der Waals surface area (Å²) in [5.41, 5.74) is 2.39. The molecule has 2 heterocycles. The first-order chi connectivity index (χ1) is 8.63. The Hall–Kier alpha value is -1.69. The molecule has 0 N–H and O–H groups in total. The molecule has 0 aliphatic carbocycles. The van der Waals surface area contributed by atoms with E-state index >= 15 is 0 Å². The number of hydrogen-bond donors (Lipinski definition) is 0. The summed E-state index contributed by atoms with van der Waals surface area (Å²) in [7, 11) is 0. The average molecular weight is 265 g/mol. The van der Waals surface area contributed by atoms with Crippen LogP contribution in [0.3, 0.4) is 0 Å². The second-order valence-corrected chi connectivity index (χ2v) is 4.70. The molecule has 2 aromatic heterocycles. The highest BCUT2D eigenvalue weighted by Crippen LogP contribution is 2.16. The van der Waals surface area contributed by atoms with Gasteiger partial charge in [-0.15, -0.1) is 10.2 Å². The molecule has 0 aliphatic heterocycles. The van der Waals surface area contributed by atoms with Crippen LogP contribution in [-0.2, 0) is 11.3 Å². The highest BCUT2D eigenvalue weighted by molar-refractivity contribution is 7.08. The van der Waals surface area contributed by atoms with Crippen molar-refractivity contribution >= 4 is 17.3 Å². The van der Waals surface area contributed by atoms with Gasteiger partial charge < -0.3 is 9.30 Å². The normalized spacial score (nSPS) is 10.6. The molecule has 2 aromatic rings. The summed E-state index contributed by atoms with van der Waals surface area (Å²) in [6, 6.07) is 0. The lowest BCUT2D eigenvalue weighted by Crippen LogP contribution is -2.15. The maximum atomic E-state index is 11.7. The van der Waals surface area contributed by atoms with E-state index in [-0.39, 0.29) is 5.82 Å². The summed E-state index contributed by atoms with van der Waals surface area (Å²) >= 11 is 1.65. The molecular formula is C12H15N3O2S. The van der Waals surface area contributed by atoms with Crippen molar-refractivity contribution in [1.82, 2.24) is 14.8 Å². The van der Waals surface area contributed by atoms with Gasteiger partial charge >= 0.3 is 5.97 Å². The van der Waals surface area contributed by atoms with E-state index in [1.165, 1.54) is 11.1 Å². The Kier molecular flexibility index (Phi) is 3.76. The van der Waals surface area contributed by atoms with Crippen LogP contribution in [0.2, 0.25) is 0 Å². The SMILES string of the molecule is CCOC(=O)c1nnc(C)n1Cc1cscc1C. The third-order valence-corrected chi connectivity index (χ3v) is 3.59. The van der Waals surface area contributed by atoms with E-state index in [0.717, 1.165) is 0 Å². The zero-order valence-corrected chi connectivity index (χ0v) is 11.5. The Bertz CT molecular complexity index is 559. The molecule has 0 saturated carbocycles. The fraction of sp³-hybridized carbons (Fsp3) is 0.417. The van der Waals surface area contributed by atoms with E-state index in [0.29, 0.717) is 19.0 Å². The van der Waals surface area contributed by atoms with E-state index < -0.39 is 5.97 Å². The predicted octanol–water partition coefficient (Wildman–Crippen LogP) is 2.18. The molecule has 0 radical (unpaired) electrons. The Morgan fingerprint density at radius 2 is 2.17 bits per heavy atom. The topological polar surface area (TPSA) is 57.0 Å². The number of nitrogens with zero attached hydrogens (tertiary/aromatic N) is 3. The van der Waals surface area contributed by atoms with E-state index in [1.807, 2.05) is 6.92 Å². The summed E-state index contributed by atoms with van der Waals surface area (Å²) in [5, 5.41) is 12.0. The van der Waals surface area contributed by atoms with Crippen LogP contribution in [0.15, 0.2) is 10.8 Å². The lowest BCUT2D eigenvalue weighted by molar-refractivity contribution is 0.0506. The molecule has 2 rings (SSSR count). The summed E-state index contributed by atoms with van der Waals surface area (Å²) in [6.45, 7) is 6.59. The number of carbonyl (C=O) groups is 1. The molecule has 96 valence electrons. The predicted molar refractivity (Wildman–Crippen MR) is 68.9 cm³/mol. The first kappa shape index (κ1) is 12.8. The molecule has 0 fully saturated rings. The van der Waals surface area contributed by atoms with Crippen LogP contribution in [-0.4, -0.2) is 27.3 Å². The summed E-state index contributed by atoms with van der Waals surface area (Å²) in [5.74, 6) is 0.551. The zero-order chi connectivity index (χ0) is 13.1. The average Bonchev–Trinajstić information content (AvgIpc) is 2.89. The third kappa shape index (κ3) is 2.43. The summed E-state index contributed by atoms with van der Waals surface area (Å²) in [6.07, 6.45) is 0. The minimum atomic E-state index is -0.425. The lowest BCUT2D eigenvalue weighted by Gasteiger charge is -2.07. The van der Waals surface area contributed by atoms with Gasteiger partial charge in [-0.3, -0.25) is 0 Å². The van der Waals surface area contributed by atoms with Crippen molar-refractivity contribution < 1.29 is 9.53 Å². The number of aryl methyl sites for hydroxylation is 2. The van der Waals surface area contributed by atoms with Gasteiger partial charge in [0.1, 0.15) is 5.82 Å². The van der Waals surface area contributed by atoms with Crippen molar-refractivity contribution in [3.8, 4) is 0 Å². The Balaban J connectivity index is 2.30. The fourth-order valence-corrected chi connectivity index (χ4v) is 2.48. The van der Waals surface area contributed by atoms with Gasteiger partial charge in [-0.1, -0.05) is 0 Å². The summed E-state index contributed by atoms with van der Waals surface area (Å²) < 4.78 is 6.76. The Morgan fingerprint density at radius 3 is 2.78 bits per heavy atom. The van der Waals surface area contributed by atoms with Crippen LogP contribution >= 0.6 is 11.3 Å². The minimum absolute atomic E-state index is 0.264. The van der Waals surface area contributed by atoms with Gasteiger partial charge in [0.25, 0.3) is 0 Å². The van der Waals surface area contributed by atoms with Crippen LogP contribution in [0.1, 0.15) is 34.5 Å². The number of carbonyl (C=O) groups excluding carboxylic acids is 1.